The van der Waals surface area contributed by atoms with Crippen molar-refractivity contribution in [1.82, 2.24) is 0 Å². The van der Waals surface area contributed by atoms with Crippen molar-refractivity contribution in [3.63, 3.8) is 0 Å². The maximum atomic E-state index is 11.8. The third-order valence-electron chi connectivity index (χ3n) is 7.20. The van der Waals surface area contributed by atoms with E-state index in [0.717, 1.165) is 25.7 Å². The van der Waals surface area contributed by atoms with Gasteiger partial charge in [0, 0.05) is 12.8 Å². The molecular formula is C32H64KNaO3. The van der Waals surface area contributed by atoms with Crippen LogP contribution in [-0.2, 0) is 14.3 Å². The van der Waals surface area contributed by atoms with Gasteiger partial charge in [0.1, 0.15) is 0 Å². The average molecular weight is 559 g/mol. The first-order chi connectivity index (χ1) is 17.2. The summed E-state index contributed by atoms with van der Waals surface area (Å²) in [6.45, 7) is 4.53. The number of ether oxygens (including phenoxy) is 1. The molecule has 0 aliphatic rings. The zero-order chi connectivity index (χ0) is 25.7. The Morgan fingerprint density at radius 1 is 0.378 bits per heavy atom. The zero-order valence-electron chi connectivity index (χ0n) is 24.0. The number of esters is 2. The van der Waals surface area contributed by atoms with Gasteiger partial charge in [0.25, 0.3) is 0 Å². The van der Waals surface area contributed by atoms with E-state index < -0.39 is 0 Å². The van der Waals surface area contributed by atoms with Gasteiger partial charge in [0.2, 0.25) is 0 Å². The summed E-state index contributed by atoms with van der Waals surface area (Å²) < 4.78 is 4.98. The van der Waals surface area contributed by atoms with Crippen LogP contribution in [-0.4, -0.2) is 92.9 Å². The van der Waals surface area contributed by atoms with Gasteiger partial charge in [-0.15, -0.1) is 0 Å². The number of carbonyl (C=O) groups is 2. The Hall–Kier alpha value is 1.78. The van der Waals surface area contributed by atoms with Crippen LogP contribution in [0.3, 0.4) is 0 Å². The van der Waals surface area contributed by atoms with E-state index in [4.69, 9.17) is 4.74 Å². The molecule has 0 unspecified atom stereocenters. The Morgan fingerprint density at radius 2 is 0.568 bits per heavy atom. The molecule has 0 spiro atoms. The zero-order valence-corrected chi connectivity index (χ0v) is 24.0. The van der Waals surface area contributed by atoms with Gasteiger partial charge in [-0.3, -0.25) is 9.59 Å². The second-order valence-corrected chi connectivity index (χ2v) is 10.8. The molecule has 0 bridgehead atoms. The molecular weight excluding hydrogens is 494 g/mol. The number of hydrogen-bond donors (Lipinski definition) is 0. The van der Waals surface area contributed by atoms with E-state index in [1.165, 1.54) is 141 Å². The monoisotopic (exact) mass is 558 g/mol. The summed E-state index contributed by atoms with van der Waals surface area (Å²) in [5, 5.41) is 0. The second-order valence-electron chi connectivity index (χ2n) is 10.8. The van der Waals surface area contributed by atoms with Gasteiger partial charge in [-0.05, 0) is 12.8 Å². The fourth-order valence-corrected chi connectivity index (χ4v) is 4.80. The Balaban J connectivity index is -0.00000578. The van der Waals surface area contributed by atoms with Crippen LogP contribution in [0.15, 0.2) is 0 Å². The molecule has 0 atom stereocenters. The molecule has 37 heavy (non-hydrogen) atoms. The normalized spacial score (nSPS) is 10.5. The fourth-order valence-electron chi connectivity index (χ4n) is 4.80. The van der Waals surface area contributed by atoms with E-state index >= 15 is 0 Å². The minimum atomic E-state index is -0.327. The van der Waals surface area contributed by atoms with Crippen molar-refractivity contribution in [2.45, 2.75) is 194 Å². The van der Waals surface area contributed by atoms with Crippen molar-refractivity contribution < 1.29 is 14.3 Å². The van der Waals surface area contributed by atoms with E-state index in [1.54, 1.807) is 0 Å². The van der Waals surface area contributed by atoms with Crippen LogP contribution in [0.1, 0.15) is 194 Å². The van der Waals surface area contributed by atoms with Gasteiger partial charge < -0.3 is 4.74 Å². The molecule has 0 rings (SSSR count). The quantitative estimate of drug-likeness (QED) is 0.0415. The summed E-state index contributed by atoms with van der Waals surface area (Å²) in [4.78, 5) is 23.7. The van der Waals surface area contributed by atoms with Gasteiger partial charge in [0.15, 0.2) is 0 Å². The molecule has 0 aromatic rings. The van der Waals surface area contributed by atoms with Crippen LogP contribution in [0.25, 0.3) is 0 Å². The van der Waals surface area contributed by atoms with E-state index in [2.05, 4.69) is 13.8 Å². The van der Waals surface area contributed by atoms with E-state index in [1.807, 2.05) is 0 Å². The first-order valence-electron chi connectivity index (χ1n) is 15.9. The molecule has 0 aromatic carbocycles. The standard InChI is InChI=1S/C32H62O3.K.Na.2H/c1-3-5-7-9-11-13-15-16-17-18-20-22-24-26-28-30-32(34)35-31(33)29-27-25-23-21-19-14-12-10-8-6-4-2;;;;/h3-30H2,1-2H3;;;;. The summed E-state index contributed by atoms with van der Waals surface area (Å²) in [5.41, 5.74) is 0. The molecule has 0 saturated heterocycles. The van der Waals surface area contributed by atoms with Gasteiger partial charge >= 0.3 is 92.9 Å². The van der Waals surface area contributed by atoms with Gasteiger partial charge in [-0.1, -0.05) is 168 Å². The van der Waals surface area contributed by atoms with Crippen LogP contribution < -0.4 is 0 Å². The van der Waals surface area contributed by atoms with Crippen molar-refractivity contribution in [3.05, 3.63) is 0 Å². The average Bonchev–Trinajstić information content (AvgIpc) is 2.85. The summed E-state index contributed by atoms with van der Waals surface area (Å²) in [7, 11) is 0. The van der Waals surface area contributed by atoms with Crippen LogP contribution in [0.5, 0.6) is 0 Å². The van der Waals surface area contributed by atoms with Crippen molar-refractivity contribution in [3.8, 4) is 0 Å². The SMILES string of the molecule is CCCCCCCCCCCCCCCCCC(=O)OC(=O)CCCCCCCCCCCCC.[KH].[NaH]. The molecule has 0 radical (unpaired) electrons. The first kappa shape index (κ1) is 43.2. The fraction of sp³-hybridized carbons (Fsp3) is 0.938. The van der Waals surface area contributed by atoms with Crippen LogP contribution in [0.4, 0.5) is 0 Å². The molecule has 0 aromatic heterocycles. The number of hydrogen-bond acceptors (Lipinski definition) is 3. The van der Waals surface area contributed by atoms with Gasteiger partial charge in [0.05, 0.1) is 0 Å². The Labute approximate surface area is 297 Å². The Morgan fingerprint density at radius 3 is 0.784 bits per heavy atom. The summed E-state index contributed by atoms with van der Waals surface area (Å²) in [5.74, 6) is -0.653. The molecule has 0 amide bonds. The summed E-state index contributed by atoms with van der Waals surface area (Å²) >= 11 is 0. The predicted molar refractivity (Wildman–Crippen MR) is 166 cm³/mol. The molecule has 0 aliphatic carbocycles. The predicted octanol–water partition coefficient (Wildman–Crippen LogP) is 9.72. The number of carbonyl (C=O) groups excluding carboxylic acids is 2. The first-order valence-corrected chi connectivity index (χ1v) is 15.9. The van der Waals surface area contributed by atoms with Gasteiger partial charge in [-0.25, -0.2) is 0 Å². The van der Waals surface area contributed by atoms with Crippen molar-refractivity contribution in [1.29, 1.82) is 0 Å². The second kappa shape index (κ2) is 37.8. The van der Waals surface area contributed by atoms with E-state index in [0.29, 0.717) is 12.8 Å². The third kappa shape index (κ3) is 37.8. The van der Waals surface area contributed by atoms with E-state index in [9.17, 15) is 9.59 Å². The summed E-state index contributed by atoms with van der Waals surface area (Å²) in [6, 6.07) is 0. The van der Waals surface area contributed by atoms with Crippen LogP contribution in [0, 0.1) is 0 Å². The maximum absolute atomic E-state index is 11.8. The molecule has 212 valence electrons. The van der Waals surface area contributed by atoms with Crippen molar-refractivity contribution in [2.24, 2.45) is 0 Å². The third-order valence-corrected chi connectivity index (χ3v) is 7.20. The van der Waals surface area contributed by atoms with Crippen molar-refractivity contribution >= 4 is 92.9 Å². The minimum absolute atomic E-state index is 0. The molecule has 0 saturated carbocycles. The van der Waals surface area contributed by atoms with Gasteiger partial charge in [-0.2, -0.15) is 0 Å². The number of unbranched alkanes of at least 4 members (excludes halogenated alkanes) is 24. The van der Waals surface area contributed by atoms with Crippen molar-refractivity contribution in [2.75, 3.05) is 0 Å². The molecule has 3 nitrogen and oxygen atoms in total. The number of rotatable bonds is 28. The molecule has 0 heterocycles. The molecule has 0 aliphatic heterocycles. The molecule has 0 N–H and O–H groups in total. The van der Waals surface area contributed by atoms with E-state index in [-0.39, 0.29) is 92.9 Å². The Kier molecular flexibility index (Phi) is 44.1. The van der Waals surface area contributed by atoms with Crippen LogP contribution in [0.2, 0.25) is 0 Å². The Bertz CT molecular complexity index is 459. The molecule has 0 fully saturated rings. The molecule has 5 heteroatoms. The summed E-state index contributed by atoms with van der Waals surface area (Å²) in [6.07, 6.45) is 34.3. The van der Waals surface area contributed by atoms with Crippen LogP contribution >= 0.6 is 0 Å². The topological polar surface area (TPSA) is 43.4 Å².